The Morgan fingerprint density at radius 1 is 1.48 bits per heavy atom. The molecule has 0 atom stereocenters. The Morgan fingerprint density at radius 3 is 3.00 bits per heavy atom. The van der Waals surface area contributed by atoms with E-state index < -0.39 is 11.7 Å². The fourth-order valence-electron chi connectivity index (χ4n) is 2.00. The van der Waals surface area contributed by atoms with Crippen molar-refractivity contribution in [2.75, 3.05) is 26.2 Å². The Labute approximate surface area is 121 Å². The number of aliphatic hydroxyl groups excluding tert-OH is 1. The molecule has 2 rings (SSSR count). The molecule has 1 aliphatic rings. The van der Waals surface area contributed by atoms with Crippen LogP contribution in [0.5, 0.6) is 0 Å². The van der Waals surface area contributed by atoms with Crippen molar-refractivity contribution >= 4 is 11.8 Å². The van der Waals surface area contributed by atoms with E-state index in [1.807, 2.05) is 0 Å². The SMILES string of the molecule is O=C1CN(C(=O)c2cc(F)ccc2C#CCCO)CCN1. The second-order valence-electron chi connectivity index (χ2n) is 4.54. The molecule has 1 heterocycles. The van der Waals surface area contributed by atoms with Gasteiger partial charge in [0, 0.05) is 25.1 Å². The average Bonchev–Trinajstić information content (AvgIpc) is 2.48. The molecule has 1 aromatic carbocycles. The Bertz CT molecular complexity index is 619. The van der Waals surface area contributed by atoms with E-state index in [-0.39, 0.29) is 31.0 Å². The Hall–Kier alpha value is -2.39. The van der Waals surface area contributed by atoms with Gasteiger partial charge in [0.05, 0.1) is 18.7 Å². The molecule has 2 amide bonds. The summed E-state index contributed by atoms with van der Waals surface area (Å²) < 4.78 is 13.4. The molecule has 0 saturated carbocycles. The number of amides is 2. The van der Waals surface area contributed by atoms with Crippen LogP contribution < -0.4 is 5.32 Å². The third kappa shape index (κ3) is 3.80. The third-order valence-electron chi connectivity index (χ3n) is 3.00. The molecule has 1 aliphatic heterocycles. The van der Waals surface area contributed by atoms with Crippen LogP contribution in [0.1, 0.15) is 22.3 Å². The molecular formula is C15H15FN2O3. The summed E-state index contributed by atoms with van der Waals surface area (Å²) in [4.78, 5) is 25.1. The van der Waals surface area contributed by atoms with Gasteiger partial charge in [-0.15, -0.1) is 0 Å². The van der Waals surface area contributed by atoms with E-state index in [2.05, 4.69) is 17.2 Å². The van der Waals surface area contributed by atoms with Crippen LogP contribution in [0.4, 0.5) is 4.39 Å². The lowest BCUT2D eigenvalue weighted by molar-refractivity contribution is -0.123. The number of rotatable bonds is 2. The van der Waals surface area contributed by atoms with Crippen LogP contribution in [0.2, 0.25) is 0 Å². The first-order valence-electron chi connectivity index (χ1n) is 6.57. The molecule has 0 radical (unpaired) electrons. The van der Waals surface area contributed by atoms with Crippen LogP contribution in [-0.4, -0.2) is 48.1 Å². The number of nitrogens with zero attached hydrogens (tertiary/aromatic N) is 1. The molecule has 6 heteroatoms. The summed E-state index contributed by atoms with van der Waals surface area (Å²) in [5.41, 5.74) is 0.524. The highest BCUT2D eigenvalue weighted by atomic mass is 19.1. The van der Waals surface area contributed by atoms with Gasteiger partial charge >= 0.3 is 0 Å². The maximum atomic E-state index is 13.4. The zero-order chi connectivity index (χ0) is 15.2. The van der Waals surface area contributed by atoms with Crippen LogP contribution in [0.3, 0.4) is 0 Å². The van der Waals surface area contributed by atoms with Gasteiger partial charge in [0.15, 0.2) is 0 Å². The third-order valence-corrected chi connectivity index (χ3v) is 3.00. The number of carbonyl (C=O) groups excluding carboxylic acids is 2. The van der Waals surface area contributed by atoms with Crippen LogP contribution in [-0.2, 0) is 4.79 Å². The number of hydrogen-bond acceptors (Lipinski definition) is 3. The monoisotopic (exact) mass is 290 g/mol. The number of aliphatic hydroxyl groups is 1. The predicted octanol–water partition coefficient (Wildman–Crippen LogP) is 0.132. The largest absolute Gasteiger partial charge is 0.395 e. The first-order valence-corrected chi connectivity index (χ1v) is 6.57. The highest BCUT2D eigenvalue weighted by Gasteiger charge is 2.24. The molecule has 0 bridgehead atoms. The summed E-state index contributed by atoms with van der Waals surface area (Å²) in [5.74, 6) is 4.26. The van der Waals surface area contributed by atoms with Gasteiger partial charge in [-0.05, 0) is 18.2 Å². The number of nitrogens with one attached hydrogen (secondary N) is 1. The molecule has 110 valence electrons. The van der Waals surface area contributed by atoms with Crippen molar-refractivity contribution in [1.82, 2.24) is 10.2 Å². The Morgan fingerprint density at radius 2 is 2.29 bits per heavy atom. The summed E-state index contributed by atoms with van der Waals surface area (Å²) in [5, 5.41) is 11.3. The molecule has 1 saturated heterocycles. The number of piperazine rings is 1. The summed E-state index contributed by atoms with van der Waals surface area (Å²) in [7, 11) is 0. The highest BCUT2D eigenvalue weighted by Crippen LogP contribution is 2.14. The second kappa shape index (κ2) is 6.86. The normalized spacial score (nSPS) is 14.2. The maximum absolute atomic E-state index is 13.4. The summed E-state index contributed by atoms with van der Waals surface area (Å²) in [6.07, 6.45) is 0.275. The van der Waals surface area contributed by atoms with E-state index in [1.165, 1.54) is 17.0 Å². The molecular weight excluding hydrogens is 275 g/mol. The van der Waals surface area contributed by atoms with E-state index in [1.54, 1.807) is 0 Å². The zero-order valence-corrected chi connectivity index (χ0v) is 11.4. The summed E-state index contributed by atoms with van der Waals surface area (Å²) in [6, 6.07) is 3.78. The Kier molecular flexibility index (Phi) is 4.90. The van der Waals surface area contributed by atoms with Crippen LogP contribution >= 0.6 is 0 Å². The molecule has 5 nitrogen and oxygen atoms in total. The van der Waals surface area contributed by atoms with Gasteiger partial charge in [0.2, 0.25) is 5.91 Å². The standard InChI is InChI=1S/C15H15FN2O3/c16-12-5-4-11(3-1-2-8-19)13(9-12)15(21)18-7-6-17-14(20)10-18/h4-5,9,19H,2,6-8,10H2,(H,17,20). The first kappa shape index (κ1) is 15.0. The number of hydrogen-bond donors (Lipinski definition) is 2. The van der Waals surface area contributed by atoms with E-state index in [0.717, 1.165) is 6.07 Å². The van der Waals surface area contributed by atoms with E-state index in [0.29, 0.717) is 18.7 Å². The molecule has 21 heavy (non-hydrogen) atoms. The van der Waals surface area contributed by atoms with Crippen molar-refractivity contribution in [3.63, 3.8) is 0 Å². The van der Waals surface area contributed by atoms with Crippen LogP contribution in [0, 0.1) is 17.7 Å². The minimum Gasteiger partial charge on any atom is -0.395 e. The molecule has 0 unspecified atom stereocenters. The number of halogens is 1. The van der Waals surface area contributed by atoms with E-state index in [4.69, 9.17) is 5.11 Å². The Balaban J connectivity index is 2.28. The van der Waals surface area contributed by atoms with Gasteiger partial charge in [-0.3, -0.25) is 9.59 Å². The molecule has 1 aromatic rings. The van der Waals surface area contributed by atoms with Gasteiger partial charge in [0.25, 0.3) is 5.91 Å². The van der Waals surface area contributed by atoms with Crippen molar-refractivity contribution in [3.05, 3.63) is 35.1 Å². The van der Waals surface area contributed by atoms with Gasteiger partial charge in [-0.25, -0.2) is 4.39 Å². The second-order valence-corrected chi connectivity index (χ2v) is 4.54. The van der Waals surface area contributed by atoms with Crippen molar-refractivity contribution in [3.8, 4) is 11.8 Å². The molecule has 1 fully saturated rings. The fraction of sp³-hybridized carbons (Fsp3) is 0.333. The van der Waals surface area contributed by atoms with E-state index in [9.17, 15) is 14.0 Å². The lowest BCUT2D eigenvalue weighted by Crippen LogP contribution is -2.50. The van der Waals surface area contributed by atoms with Crippen molar-refractivity contribution < 1.29 is 19.1 Å². The summed E-state index contributed by atoms with van der Waals surface area (Å²) in [6.45, 7) is 0.638. The van der Waals surface area contributed by atoms with Crippen molar-refractivity contribution in [1.29, 1.82) is 0 Å². The minimum absolute atomic E-state index is 0.0428. The minimum atomic E-state index is -0.535. The van der Waals surface area contributed by atoms with Gasteiger partial charge in [-0.1, -0.05) is 11.8 Å². The summed E-state index contributed by atoms with van der Waals surface area (Å²) >= 11 is 0. The van der Waals surface area contributed by atoms with Crippen molar-refractivity contribution in [2.24, 2.45) is 0 Å². The van der Waals surface area contributed by atoms with E-state index >= 15 is 0 Å². The average molecular weight is 290 g/mol. The molecule has 0 aromatic heterocycles. The lowest BCUT2D eigenvalue weighted by Gasteiger charge is -2.27. The van der Waals surface area contributed by atoms with Crippen molar-refractivity contribution in [2.45, 2.75) is 6.42 Å². The maximum Gasteiger partial charge on any atom is 0.255 e. The van der Waals surface area contributed by atoms with Gasteiger partial charge in [0.1, 0.15) is 5.82 Å². The number of carbonyl (C=O) groups is 2. The molecule has 0 aliphatic carbocycles. The molecule has 0 spiro atoms. The predicted molar refractivity (Wildman–Crippen MR) is 73.9 cm³/mol. The lowest BCUT2D eigenvalue weighted by atomic mass is 10.1. The zero-order valence-electron chi connectivity index (χ0n) is 11.4. The topological polar surface area (TPSA) is 69.6 Å². The highest BCUT2D eigenvalue weighted by molar-refractivity contribution is 5.99. The van der Waals surface area contributed by atoms with Crippen LogP contribution in [0.25, 0.3) is 0 Å². The van der Waals surface area contributed by atoms with Gasteiger partial charge in [-0.2, -0.15) is 0 Å². The smallest absolute Gasteiger partial charge is 0.255 e. The quantitative estimate of drug-likeness (QED) is 0.761. The first-order chi connectivity index (χ1) is 10.1. The van der Waals surface area contributed by atoms with Crippen LogP contribution in [0.15, 0.2) is 18.2 Å². The number of benzene rings is 1. The molecule has 2 N–H and O–H groups in total. The fourth-order valence-corrected chi connectivity index (χ4v) is 2.00. The van der Waals surface area contributed by atoms with Gasteiger partial charge < -0.3 is 15.3 Å².